The summed E-state index contributed by atoms with van der Waals surface area (Å²) in [5.74, 6) is 0.290. The Morgan fingerprint density at radius 2 is 2.00 bits per heavy atom. The Labute approximate surface area is 161 Å². The molecule has 1 amide bonds. The first-order chi connectivity index (χ1) is 12.5. The number of thiophene rings is 1. The van der Waals surface area contributed by atoms with Crippen LogP contribution in [0.15, 0.2) is 46.7 Å². The van der Waals surface area contributed by atoms with Gasteiger partial charge in [0.15, 0.2) is 0 Å². The Hall–Kier alpha value is -1.79. The molecule has 6 heteroatoms. The first kappa shape index (κ1) is 19.0. The maximum Gasteiger partial charge on any atom is 0.241 e. The van der Waals surface area contributed by atoms with E-state index in [2.05, 4.69) is 5.32 Å². The largest absolute Gasteiger partial charge is 0.317 e. The third-order valence-corrected chi connectivity index (χ3v) is 6.92. The number of hydrogen-bond donors (Lipinski definition) is 2. The summed E-state index contributed by atoms with van der Waals surface area (Å²) < 4.78 is 11.7. The average molecular weight is 389 g/mol. The van der Waals surface area contributed by atoms with E-state index in [0.29, 0.717) is 12.3 Å². The van der Waals surface area contributed by atoms with Gasteiger partial charge in [0.25, 0.3) is 0 Å². The number of amides is 1. The molecule has 2 N–H and O–H groups in total. The van der Waals surface area contributed by atoms with Gasteiger partial charge in [0, 0.05) is 28.2 Å². The molecule has 2 unspecified atom stereocenters. The topological polar surface area (TPSA) is 70.0 Å². The number of hydrogen-bond acceptors (Lipinski definition) is 4. The first-order valence-electron chi connectivity index (χ1n) is 8.86. The third kappa shape index (κ3) is 3.96. The van der Waals surface area contributed by atoms with E-state index in [4.69, 9.17) is 5.41 Å². The zero-order valence-electron chi connectivity index (χ0n) is 14.9. The van der Waals surface area contributed by atoms with Crippen molar-refractivity contribution in [2.45, 2.75) is 42.4 Å². The van der Waals surface area contributed by atoms with Gasteiger partial charge in [-0.3, -0.25) is 9.00 Å². The Morgan fingerprint density at radius 3 is 2.54 bits per heavy atom. The molecule has 1 aromatic carbocycles. The standard InChI is InChI=1S/C20H24N2O2S2/c1-26(24)17-10-8-16(9-11-17)20(14-21,13-15-5-2-3-6-15)19(23)22-18-7-4-12-25-18/h4,7-12,14-15,21H,2-3,5-6,13H2,1H3,(H,22,23). The quantitative estimate of drug-likeness (QED) is 0.681. The highest BCUT2D eigenvalue weighted by Gasteiger charge is 2.41. The van der Waals surface area contributed by atoms with E-state index in [1.165, 1.54) is 30.4 Å². The molecule has 0 aliphatic heterocycles. The molecule has 1 fully saturated rings. The summed E-state index contributed by atoms with van der Waals surface area (Å²) in [5, 5.41) is 13.9. The van der Waals surface area contributed by atoms with Crippen molar-refractivity contribution in [1.82, 2.24) is 0 Å². The van der Waals surface area contributed by atoms with Crippen LogP contribution in [0.2, 0.25) is 0 Å². The van der Waals surface area contributed by atoms with Crippen LogP contribution in [-0.2, 0) is 21.0 Å². The predicted octanol–water partition coefficient (Wildman–Crippen LogP) is 4.59. The van der Waals surface area contributed by atoms with Crippen LogP contribution in [0, 0.1) is 11.3 Å². The van der Waals surface area contributed by atoms with Crippen molar-refractivity contribution in [2.75, 3.05) is 11.6 Å². The number of rotatable bonds is 7. The van der Waals surface area contributed by atoms with Crippen LogP contribution in [-0.4, -0.2) is 22.6 Å². The van der Waals surface area contributed by atoms with Crippen molar-refractivity contribution in [3.05, 3.63) is 47.3 Å². The summed E-state index contributed by atoms with van der Waals surface area (Å²) in [4.78, 5) is 14.0. The molecule has 1 aliphatic carbocycles. The first-order valence-corrected chi connectivity index (χ1v) is 11.3. The summed E-state index contributed by atoms with van der Waals surface area (Å²) in [6.07, 6.45) is 8.19. The van der Waals surface area contributed by atoms with Crippen molar-refractivity contribution in [3.8, 4) is 0 Å². The SMILES string of the molecule is CS(=O)c1ccc(C(C=N)(CC2CCCC2)C(=O)Nc2cccs2)cc1. The van der Waals surface area contributed by atoms with Gasteiger partial charge in [-0.05, 0) is 47.5 Å². The molecule has 1 aliphatic rings. The molecule has 1 aromatic heterocycles. The molecule has 138 valence electrons. The van der Waals surface area contributed by atoms with E-state index in [1.807, 2.05) is 29.6 Å². The Bertz CT molecular complexity index is 781. The van der Waals surface area contributed by atoms with Gasteiger partial charge < -0.3 is 10.7 Å². The van der Waals surface area contributed by atoms with Crippen LogP contribution >= 0.6 is 11.3 Å². The lowest BCUT2D eigenvalue weighted by molar-refractivity contribution is -0.119. The van der Waals surface area contributed by atoms with E-state index >= 15 is 0 Å². The predicted molar refractivity (Wildman–Crippen MR) is 109 cm³/mol. The average Bonchev–Trinajstić information content (AvgIpc) is 3.33. The van der Waals surface area contributed by atoms with Gasteiger partial charge in [-0.25, -0.2) is 0 Å². The summed E-state index contributed by atoms with van der Waals surface area (Å²) in [7, 11) is -1.06. The molecule has 3 rings (SSSR count). The second-order valence-electron chi connectivity index (χ2n) is 6.88. The molecule has 26 heavy (non-hydrogen) atoms. The van der Waals surface area contributed by atoms with Gasteiger partial charge in [-0.1, -0.05) is 37.8 Å². The molecule has 1 heterocycles. The molecular weight excluding hydrogens is 364 g/mol. The molecule has 4 nitrogen and oxygen atoms in total. The minimum Gasteiger partial charge on any atom is -0.317 e. The molecule has 0 radical (unpaired) electrons. The summed E-state index contributed by atoms with van der Waals surface area (Å²) in [5.41, 5.74) is -0.199. The number of carbonyl (C=O) groups is 1. The number of anilines is 1. The van der Waals surface area contributed by atoms with E-state index in [0.717, 1.165) is 28.3 Å². The van der Waals surface area contributed by atoms with Crippen molar-refractivity contribution < 1.29 is 9.00 Å². The van der Waals surface area contributed by atoms with Crippen LogP contribution in [0.5, 0.6) is 0 Å². The Kier molecular flexibility index (Phi) is 6.04. The second kappa shape index (κ2) is 8.27. The summed E-state index contributed by atoms with van der Waals surface area (Å²) in [6, 6.07) is 11.1. The highest BCUT2D eigenvalue weighted by atomic mass is 32.2. The van der Waals surface area contributed by atoms with Gasteiger partial charge in [-0.2, -0.15) is 0 Å². The Morgan fingerprint density at radius 1 is 1.31 bits per heavy atom. The smallest absolute Gasteiger partial charge is 0.241 e. The van der Waals surface area contributed by atoms with Crippen LogP contribution in [0.25, 0.3) is 0 Å². The lowest BCUT2D eigenvalue weighted by Gasteiger charge is -2.31. The molecule has 0 saturated heterocycles. The van der Waals surface area contributed by atoms with Crippen LogP contribution in [0.4, 0.5) is 5.00 Å². The van der Waals surface area contributed by atoms with E-state index in [9.17, 15) is 9.00 Å². The molecule has 1 saturated carbocycles. The monoisotopic (exact) mass is 388 g/mol. The van der Waals surface area contributed by atoms with Crippen LogP contribution in [0.3, 0.4) is 0 Å². The maximum atomic E-state index is 13.3. The Balaban J connectivity index is 1.96. The van der Waals surface area contributed by atoms with Gasteiger partial charge in [0.2, 0.25) is 5.91 Å². The second-order valence-corrected chi connectivity index (χ2v) is 9.21. The lowest BCUT2D eigenvalue weighted by atomic mass is 9.73. The highest BCUT2D eigenvalue weighted by molar-refractivity contribution is 7.84. The molecule has 2 atom stereocenters. The van der Waals surface area contributed by atoms with Crippen molar-refractivity contribution in [3.63, 3.8) is 0 Å². The normalized spacial score (nSPS) is 18.2. The van der Waals surface area contributed by atoms with E-state index in [-0.39, 0.29) is 5.91 Å². The lowest BCUT2D eigenvalue weighted by Crippen LogP contribution is -2.43. The van der Waals surface area contributed by atoms with Crippen LogP contribution in [0.1, 0.15) is 37.7 Å². The summed E-state index contributed by atoms with van der Waals surface area (Å²) >= 11 is 1.47. The van der Waals surface area contributed by atoms with Gasteiger partial charge in [0.05, 0.1) is 5.00 Å². The maximum absolute atomic E-state index is 13.3. The fourth-order valence-corrected chi connectivity index (χ4v) is 4.87. The zero-order valence-corrected chi connectivity index (χ0v) is 16.5. The molecule has 2 aromatic rings. The fraction of sp³-hybridized carbons (Fsp3) is 0.400. The van der Waals surface area contributed by atoms with Crippen molar-refractivity contribution in [2.24, 2.45) is 5.92 Å². The zero-order chi connectivity index (χ0) is 18.6. The van der Waals surface area contributed by atoms with Gasteiger partial charge in [0.1, 0.15) is 5.41 Å². The van der Waals surface area contributed by atoms with Gasteiger partial charge >= 0.3 is 0 Å². The van der Waals surface area contributed by atoms with Crippen molar-refractivity contribution in [1.29, 1.82) is 5.41 Å². The van der Waals surface area contributed by atoms with E-state index < -0.39 is 16.2 Å². The minimum absolute atomic E-state index is 0.160. The molecule has 0 spiro atoms. The van der Waals surface area contributed by atoms with Crippen LogP contribution < -0.4 is 5.32 Å². The third-order valence-electron chi connectivity index (χ3n) is 5.20. The number of nitrogens with one attached hydrogen (secondary N) is 2. The van der Waals surface area contributed by atoms with Crippen molar-refractivity contribution >= 4 is 39.3 Å². The van der Waals surface area contributed by atoms with E-state index in [1.54, 1.807) is 18.4 Å². The minimum atomic E-state index is -1.06. The molecule has 0 bridgehead atoms. The highest BCUT2D eigenvalue weighted by Crippen LogP contribution is 2.38. The fourth-order valence-electron chi connectivity index (χ4n) is 3.74. The number of benzene rings is 1. The van der Waals surface area contributed by atoms with Gasteiger partial charge in [-0.15, -0.1) is 11.3 Å². The molecular formula is C20H24N2O2S2. The summed E-state index contributed by atoms with van der Waals surface area (Å²) in [6.45, 7) is 0. The number of carbonyl (C=O) groups excluding carboxylic acids is 1.